The summed E-state index contributed by atoms with van der Waals surface area (Å²) in [5.74, 6) is 0. The second-order valence-electron chi connectivity index (χ2n) is 8.87. The van der Waals surface area contributed by atoms with Gasteiger partial charge in [0.2, 0.25) is 0 Å². The largest absolute Gasteiger partial charge is 0.314 e. The molecule has 0 unspecified atom stereocenters. The van der Waals surface area contributed by atoms with Gasteiger partial charge in [-0.25, -0.2) is 0 Å². The summed E-state index contributed by atoms with van der Waals surface area (Å²) < 4.78 is 0. The molecule has 1 aromatic carbocycles. The zero-order valence-electron chi connectivity index (χ0n) is 23.2. The molecule has 6 N–H and O–H groups in total. The summed E-state index contributed by atoms with van der Waals surface area (Å²) in [7, 11) is 0. The van der Waals surface area contributed by atoms with Gasteiger partial charge in [-0.2, -0.15) is 0 Å². The zero-order chi connectivity index (χ0) is 22.1. The van der Waals surface area contributed by atoms with Gasteiger partial charge in [-0.1, -0.05) is 24.3 Å². The highest BCUT2D eigenvalue weighted by Crippen LogP contribution is 2.10. The number of halogens is 8. The van der Waals surface area contributed by atoms with Crippen molar-refractivity contribution in [3.63, 3.8) is 0 Å². The Balaban J connectivity index is -0.000000361. The Kier molecular flexibility index (Phi) is 48.9. The molecule has 0 aliphatic carbocycles. The summed E-state index contributed by atoms with van der Waals surface area (Å²) in [5.41, 5.74) is 2.82. The molecular formula is C24H54Cl8N8. The van der Waals surface area contributed by atoms with E-state index in [-0.39, 0.29) is 99.3 Å². The van der Waals surface area contributed by atoms with Crippen molar-refractivity contribution in [1.82, 2.24) is 41.7 Å². The van der Waals surface area contributed by atoms with Crippen molar-refractivity contribution >= 4 is 99.3 Å². The zero-order valence-corrected chi connectivity index (χ0v) is 29.7. The van der Waals surface area contributed by atoms with Crippen LogP contribution in [0.4, 0.5) is 0 Å². The van der Waals surface area contributed by atoms with Crippen LogP contribution in [-0.2, 0) is 13.1 Å². The van der Waals surface area contributed by atoms with Gasteiger partial charge in [0.25, 0.3) is 0 Å². The van der Waals surface area contributed by atoms with Gasteiger partial charge in [0, 0.05) is 118 Å². The molecule has 2 aliphatic heterocycles. The Morgan fingerprint density at radius 2 is 0.550 bits per heavy atom. The molecule has 3 rings (SSSR count). The van der Waals surface area contributed by atoms with Crippen molar-refractivity contribution in [3.05, 3.63) is 35.4 Å². The minimum Gasteiger partial charge on any atom is -0.314 e. The molecule has 40 heavy (non-hydrogen) atoms. The van der Waals surface area contributed by atoms with Crippen molar-refractivity contribution in [2.75, 3.05) is 105 Å². The maximum atomic E-state index is 3.56. The predicted octanol–water partition coefficient (Wildman–Crippen LogP) is 2.23. The first kappa shape index (κ1) is 53.8. The van der Waals surface area contributed by atoms with Crippen LogP contribution < -0.4 is 31.9 Å². The van der Waals surface area contributed by atoms with Crippen LogP contribution in [0.25, 0.3) is 0 Å². The van der Waals surface area contributed by atoms with E-state index in [4.69, 9.17) is 0 Å². The van der Waals surface area contributed by atoms with E-state index >= 15 is 0 Å². The number of nitrogens with one attached hydrogen (secondary N) is 6. The second-order valence-corrected chi connectivity index (χ2v) is 8.87. The third kappa shape index (κ3) is 25.7. The Bertz CT molecular complexity index is 536. The number of rotatable bonds is 4. The van der Waals surface area contributed by atoms with Gasteiger partial charge in [0.05, 0.1) is 0 Å². The van der Waals surface area contributed by atoms with E-state index in [1.807, 2.05) is 0 Å². The van der Waals surface area contributed by atoms with Gasteiger partial charge in [0.15, 0.2) is 0 Å². The predicted molar refractivity (Wildman–Crippen MR) is 192 cm³/mol. The molecule has 2 fully saturated rings. The Morgan fingerprint density at radius 3 is 0.775 bits per heavy atom. The van der Waals surface area contributed by atoms with E-state index in [0.29, 0.717) is 0 Å². The fourth-order valence-electron chi connectivity index (χ4n) is 4.21. The first-order valence-electron chi connectivity index (χ1n) is 12.7. The summed E-state index contributed by atoms with van der Waals surface area (Å²) in [6, 6.07) is 9.31. The maximum absolute atomic E-state index is 3.56. The van der Waals surface area contributed by atoms with Crippen molar-refractivity contribution in [2.45, 2.75) is 13.1 Å². The van der Waals surface area contributed by atoms with Gasteiger partial charge in [-0.15, -0.1) is 99.3 Å². The van der Waals surface area contributed by atoms with Crippen molar-refractivity contribution in [2.24, 2.45) is 0 Å². The highest BCUT2D eigenvalue weighted by molar-refractivity contribution is 5.86. The van der Waals surface area contributed by atoms with Gasteiger partial charge in [-0.05, 0) is 11.1 Å². The lowest BCUT2D eigenvalue weighted by molar-refractivity contribution is 0.261. The fraction of sp³-hybridized carbons (Fsp3) is 0.750. The summed E-state index contributed by atoms with van der Waals surface area (Å²) >= 11 is 0. The average molecular weight is 738 g/mol. The molecule has 0 bridgehead atoms. The molecule has 2 saturated heterocycles. The third-order valence-electron chi connectivity index (χ3n) is 6.17. The van der Waals surface area contributed by atoms with Crippen molar-refractivity contribution in [3.8, 4) is 0 Å². The van der Waals surface area contributed by atoms with E-state index in [1.54, 1.807) is 0 Å². The molecule has 0 radical (unpaired) electrons. The van der Waals surface area contributed by atoms with Gasteiger partial charge >= 0.3 is 0 Å². The first-order chi connectivity index (χ1) is 15.9. The summed E-state index contributed by atoms with van der Waals surface area (Å²) in [5, 5.41) is 21.1. The Morgan fingerprint density at radius 1 is 0.350 bits per heavy atom. The van der Waals surface area contributed by atoms with E-state index in [2.05, 4.69) is 66.0 Å². The minimum absolute atomic E-state index is 0. The SMILES string of the molecule is Cl.Cl.Cl.Cl.Cl.Cl.Cl.Cl.c1cc(CN2CCNCCNCCNCC2)ccc1CN1CCNCCNCCNCC1. The molecule has 16 heteroatoms. The van der Waals surface area contributed by atoms with Crippen molar-refractivity contribution in [1.29, 1.82) is 0 Å². The van der Waals surface area contributed by atoms with E-state index in [0.717, 1.165) is 118 Å². The minimum atomic E-state index is 0. The molecule has 0 amide bonds. The molecule has 2 heterocycles. The second kappa shape index (κ2) is 36.4. The van der Waals surface area contributed by atoms with Crippen LogP contribution in [0, 0.1) is 0 Å². The average Bonchev–Trinajstić information content (AvgIpc) is 2.79. The lowest BCUT2D eigenvalue weighted by Crippen LogP contribution is -2.41. The molecule has 246 valence electrons. The molecule has 1 aromatic rings. The quantitative estimate of drug-likeness (QED) is 0.281. The monoisotopic (exact) mass is 734 g/mol. The lowest BCUT2D eigenvalue weighted by atomic mass is 10.1. The molecule has 0 atom stereocenters. The van der Waals surface area contributed by atoms with Gasteiger partial charge < -0.3 is 31.9 Å². The van der Waals surface area contributed by atoms with E-state index in [1.165, 1.54) is 11.1 Å². The maximum Gasteiger partial charge on any atom is 0.0234 e. The Hall–Kier alpha value is 1.22. The normalized spacial score (nSPS) is 18.2. The van der Waals surface area contributed by atoms with Crippen LogP contribution in [0.3, 0.4) is 0 Å². The molecule has 0 spiro atoms. The van der Waals surface area contributed by atoms with Crippen LogP contribution in [-0.4, -0.2) is 115 Å². The highest BCUT2D eigenvalue weighted by Gasteiger charge is 2.09. The van der Waals surface area contributed by atoms with Crippen LogP contribution >= 0.6 is 99.3 Å². The molecule has 0 saturated carbocycles. The van der Waals surface area contributed by atoms with Crippen LogP contribution in [0.5, 0.6) is 0 Å². The lowest BCUT2D eigenvalue weighted by Gasteiger charge is -2.25. The smallest absolute Gasteiger partial charge is 0.0234 e. The number of benzene rings is 1. The molecule has 0 aromatic heterocycles. The first-order valence-corrected chi connectivity index (χ1v) is 12.7. The van der Waals surface area contributed by atoms with Crippen LogP contribution in [0.2, 0.25) is 0 Å². The standard InChI is InChI=1S/C24H46N8.8ClH/c1-2-24(22-32-19-15-29-11-7-26-8-12-30-16-20-32)4-3-23(1)21-31-17-13-27-9-5-25-6-10-28-14-18-31;;;;;;;;/h1-4,25-30H,5-22H2;8*1H. The van der Waals surface area contributed by atoms with Crippen LogP contribution in [0.15, 0.2) is 24.3 Å². The summed E-state index contributed by atoms with van der Waals surface area (Å²) in [6.45, 7) is 18.9. The highest BCUT2D eigenvalue weighted by atomic mass is 35.5. The number of hydrogen-bond acceptors (Lipinski definition) is 8. The number of hydrogen-bond donors (Lipinski definition) is 6. The van der Waals surface area contributed by atoms with E-state index < -0.39 is 0 Å². The summed E-state index contributed by atoms with van der Waals surface area (Å²) in [6.07, 6.45) is 0. The third-order valence-corrected chi connectivity index (χ3v) is 6.17. The van der Waals surface area contributed by atoms with Gasteiger partial charge in [0.1, 0.15) is 0 Å². The van der Waals surface area contributed by atoms with Gasteiger partial charge in [-0.3, -0.25) is 9.80 Å². The Labute approximate surface area is 292 Å². The van der Waals surface area contributed by atoms with Crippen LogP contribution in [0.1, 0.15) is 11.1 Å². The molecular weight excluding hydrogens is 684 g/mol. The topological polar surface area (TPSA) is 78.7 Å². The van der Waals surface area contributed by atoms with Crippen molar-refractivity contribution < 1.29 is 0 Å². The molecule has 2 aliphatic rings. The number of nitrogens with zero attached hydrogens (tertiary/aromatic N) is 2. The molecule has 8 nitrogen and oxygen atoms in total. The summed E-state index contributed by atoms with van der Waals surface area (Å²) in [4.78, 5) is 5.12. The fourth-order valence-corrected chi connectivity index (χ4v) is 4.21. The van der Waals surface area contributed by atoms with E-state index in [9.17, 15) is 0 Å².